The second-order valence-electron chi connectivity index (χ2n) is 4.74. The number of benzene rings is 1. The molecule has 19 heavy (non-hydrogen) atoms. The first-order valence-corrected chi connectivity index (χ1v) is 6.62. The van der Waals surface area contributed by atoms with Crippen molar-refractivity contribution in [2.45, 2.75) is 19.9 Å². The number of hydrogen-bond donors (Lipinski definition) is 2. The summed E-state index contributed by atoms with van der Waals surface area (Å²) in [6.07, 6.45) is 2.00. The summed E-state index contributed by atoms with van der Waals surface area (Å²) in [6.45, 7) is 4.47. The Morgan fingerprint density at radius 2 is 2.16 bits per heavy atom. The van der Waals surface area contributed by atoms with Crippen LogP contribution >= 0.6 is 11.6 Å². The number of anilines is 1. The molecule has 0 aliphatic carbocycles. The number of aromatic nitrogens is 2. The van der Waals surface area contributed by atoms with E-state index in [0.717, 1.165) is 27.5 Å². The van der Waals surface area contributed by atoms with Crippen LogP contribution in [0.15, 0.2) is 24.4 Å². The number of nitrogens with zero attached hydrogens (tertiary/aromatic N) is 2. The topological polar surface area (TPSA) is 55.9 Å². The highest BCUT2D eigenvalue weighted by atomic mass is 35.5. The lowest BCUT2D eigenvalue weighted by Gasteiger charge is -2.18. The molecule has 1 heterocycles. The zero-order chi connectivity index (χ0) is 14.0. The summed E-state index contributed by atoms with van der Waals surface area (Å²) in [5.74, 6) is 0. The van der Waals surface area contributed by atoms with Crippen molar-refractivity contribution >= 4 is 17.3 Å². The molecule has 0 fully saturated rings. The third kappa shape index (κ3) is 3.08. The lowest BCUT2D eigenvalue weighted by Crippen LogP contribution is -2.21. The molecule has 0 bridgehead atoms. The van der Waals surface area contributed by atoms with E-state index in [9.17, 15) is 0 Å². The number of hydrogen-bond acceptors (Lipinski definition) is 3. The quantitative estimate of drug-likeness (QED) is 0.904. The van der Waals surface area contributed by atoms with Gasteiger partial charge >= 0.3 is 0 Å². The normalized spacial score (nSPS) is 12.5. The van der Waals surface area contributed by atoms with Gasteiger partial charge in [-0.3, -0.25) is 4.68 Å². The van der Waals surface area contributed by atoms with Crippen molar-refractivity contribution in [3.63, 3.8) is 0 Å². The van der Waals surface area contributed by atoms with Gasteiger partial charge in [0.2, 0.25) is 0 Å². The fourth-order valence-electron chi connectivity index (χ4n) is 2.11. The molecule has 0 saturated heterocycles. The van der Waals surface area contributed by atoms with Gasteiger partial charge in [0.15, 0.2) is 0 Å². The van der Waals surface area contributed by atoms with Gasteiger partial charge in [0, 0.05) is 36.1 Å². The third-order valence-corrected chi connectivity index (χ3v) is 3.58. The first kappa shape index (κ1) is 13.9. The monoisotopic (exact) mass is 278 g/mol. The summed E-state index contributed by atoms with van der Waals surface area (Å²) < 4.78 is 1.80. The van der Waals surface area contributed by atoms with Crippen molar-refractivity contribution in [3.05, 3.63) is 46.2 Å². The van der Waals surface area contributed by atoms with E-state index in [2.05, 4.69) is 10.4 Å². The van der Waals surface area contributed by atoms with Gasteiger partial charge in [-0.15, -0.1) is 0 Å². The summed E-state index contributed by atoms with van der Waals surface area (Å²) >= 11 is 6.13. The van der Waals surface area contributed by atoms with E-state index >= 15 is 0 Å². The zero-order valence-electron chi connectivity index (χ0n) is 11.4. The van der Waals surface area contributed by atoms with Gasteiger partial charge in [-0.25, -0.2) is 0 Å². The molecule has 0 radical (unpaired) electrons. The van der Waals surface area contributed by atoms with Crippen LogP contribution in [0.5, 0.6) is 0 Å². The molecule has 0 amide bonds. The Kier molecular flexibility index (Phi) is 4.12. The largest absolute Gasteiger partial charge is 0.377 e. The van der Waals surface area contributed by atoms with Crippen molar-refractivity contribution < 1.29 is 0 Å². The molecule has 2 rings (SSSR count). The Hall–Kier alpha value is -1.52. The minimum atomic E-state index is 0.0347. The van der Waals surface area contributed by atoms with Gasteiger partial charge in [0.25, 0.3) is 0 Å². The molecular formula is C14H19ClN4. The van der Waals surface area contributed by atoms with Crippen molar-refractivity contribution in [1.29, 1.82) is 0 Å². The molecule has 0 saturated carbocycles. The number of rotatable bonds is 4. The second kappa shape index (κ2) is 5.63. The van der Waals surface area contributed by atoms with Gasteiger partial charge < -0.3 is 11.1 Å². The molecule has 3 N–H and O–H groups in total. The van der Waals surface area contributed by atoms with Crippen LogP contribution in [-0.4, -0.2) is 16.3 Å². The van der Waals surface area contributed by atoms with Crippen LogP contribution in [0.25, 0.3) is 0 Å². The highest BCUT2D eigenvalue weighted by molar-refractivity contribution is 6.31. The SMILES string of the molecule is Cc1ccc(NC(CN)c2cn(C)nc2C)cc1Cl. The smallest absolute Gasteiger partial charge is 0.0669 e. The number of aryl methyl sites for hydroxylation is 3. The Balaban J connectivity index is 2.23. The second-order valence-corrected chi connectivity index (χ2v) is 5.15. The molecule has 0 aliphatic rings. The van der Waals surface area contributed by atoms with Crippen LogP contribution in [0.2, 0.25) is 5.02 Å². The summed E-state index contributed by atoms with van der Waals surface area (Å²) in [4.78, 5) is 0. The molecule has 0 aliphatic heterocycles. The van der Waals surface area contributed by atoms with Crippen LogP contribution < -0.4 is 11.1 Å². The molecule has 102 valence electrons. The molecule has 1 aromatic carbocycles. The predicted molar refractivity (Wildman–Crippen MR) is 79.6 cm³/mol. The Morgan fingerprint density at radius 3 is 2.68 bits per heavy atom. The van der Waals surface area contributed by atoms with Crippen LogP contribution in [0.4, 0.5) is 5.69 Å². The van der Waals surface area contributed by atoms with E-state index in [4.69, 9.17) is 17.3 Å². The molecule has 5 heteroatoms. The number of halogens is 1. The highest BCUT2D eigenvalue weighted by Gasteiger charge is 2.15. The van der Waals surface area contributed by atoms with E-state index < -0.39 is 0 Å². The molecule has 1 atom stereocenters. The summed E-state index contributed by atoms with van der Waals surface area (Å²) in [5, 5.41) is 8.51. The Bertz CT molecular complexity index is 577. The van der Waals surface area contributed by atoms with Crippen LogP contribution in [0.3, 0.4) is 0 Å². The highest BCUT2D eigenvalue weighted by Crippen LogP contribution is 2.25. The van der Waals surface area contributed by atoms with Gasteiger partial charge in [0.1, 0.15) is 0 Å². The van der Waals surface area contributed by atoms with E-state index in [0.29, 0.717) is 6.54 Å². The lowest BCUT2D eigenvalue weighted by molar-refractivity contribution is 0.754. The molecule has 4 nitrogen and oxygen atoms in total. The predicted octanol–water partition coefficient (Wildman–Crippen LogP) is 2.80. The average Bonchev–Trinajstić information content (AvgIpc) is 2.70. The van der Waals surface area contributed by atoms with Gasteiger partial charge in [-0.2, -0.15) is 5.10 Å². The standard InChI is InChI=1S/C14H19ClN4/c1-9-4-5-11(6-13(9)15)17-14(7-16)12-8-19(3)18-10(12)2/h4-6,8,14,17H,7,16H2,1-3H3. The third-order valence-electron chi connectivity index (χ3n) is 3.18. The fraction of sp³-hybridized carbons (Fsp3) is 0.357. The number of nitrogens with two attached hydrogens (primary N) is 1. The lowest BCUT2D eigenvalue weighted by atomic mass is 10.1. The maximum absolute atomic E-state index is 6.13. The molecule has 0 spiro atoms. The molecule has 1 aromatic heterocycles. The van der Waals surface area contributed by atoms with Crippen molar-refractivity contribution in [3.8, 4) is 0 Å². The zero-order valence-corrected chi connectivity index (χ0v) is 12.2. The average molecular weight is 279 g/mol. The first-order valence-electron chi connectivity index (χ1n) is 6.24. The minimum absolute atomic E-state index is 0.0347. The van der Waals surface area contributed by atoms with E-state index in [-0.39, 0.29) is 6.04 Å². The van der Waals surface area contributed by atoms with E-state index in [1.807, 2.05) is 45.3 Å². The summed E-state index contributed by atoms with van der Waals surface area (Å²) in [6, 6.07) is 5.96. The van der Waals surface area contributed by atoms with Gasteiger partial charge in [-0.1, -0.05) is 17.7 Å². The molecule has 1 unspecified atom stereocenters. The van der Waals surface area contributed by atoms with E-state index in [1.165, 1.54) is 0 Å². The summed E-state index contributed by atoms with van der Waals surface area (Å²) in [5.41, 5.74) is 10.00. The van der Waals surface area contributed by atoms with Crippen molar-refractivity contribution in [2.75, 3.05) is 11.9 Å². The van der Waals surface area contributed by atoms with Crippen LogP contribution in [0, 0.1) is 13.8 Å². The molecule has 2 aromatic rings. The van der Waals surface area contributed by atoms with Crippen LogP contribution in [0.1, 0.15) is 22.9 Å². The van der Waals surface area contributed by atoms with E-state index in [1.54, 1.807) is 4.68 Å². The first-order chi connectivity index (χ1) is 9.01. The minimum Gasteiger partial charge on any atom is -0.377 e. The fourth-order valence-corrected chi connectivity index (χ4v) is 2.29. The van der Waals surface area contributed by atoms with Gasteiger partial charge in [-0.05, 0) is 31.5 Å². The Morgan fingerprint density at radius 1 is 1.42 bits per heavy atom. The number of nitrogens with one attached hydrogen (secondary N) is 1. The maximum atomic E-state index is 6.13. The van der Waals surface area contributed by atoms with Crippen LogP contribution in [-0.2, 0) is 7.05 Å². The summed E-state index contributed by atoms with van der Waals surface area (Å²) in [7, 11) is 1.91. The Labute approximate surface area is 118 Å². The van der Waals surface area contributed by atoms with Gasteiger partial charge in [0.05, 0.1) is 11.7 Å². The van der Waals surface area contributed by atoms with Crippen molar-refractivity contribution in [2.24, 2.45) is 12.8 Å². The van der Waals surface area contributed by atoms with Crippen molar-refractivity contribution in [1.82, 2.24) is 9.78 Å². The maximum Gasteiger partial charge on any atom is 0.0669 e. The molecular weight excluding hydrogens is 260 g/mol.